The monoisotopic (exact) mass is 766 g/mol. The molecule has 10 nitrogen and oxygen atoms in total. The van der Waals surface area contributed by atoms with Crippen LogP contribution in [0.2, 0.25) is 0 Å². The lowest BCUT2D eigenvalue weighted by Gasteiger charge is -2.40. The molecule has 0 bridgehead atoms. The third kappa shape index (κ3) is 8.05. The molecule has 0 aromatic heterocycles. The third-order valence-electron chi connectivity index (χ3n) is 10.1. The van der Waals surface area contributed by atoms with E-state index in [9.17, 15) is 19.8 Å². The van der Waals surface area contributed by atoms with Crippen molar-refractivity contribution in [3.8, 4) is 23.0 Å². The summed E-state index contributed by atoms with van der Waals surface area (Å²) in [5.74, 6) is 0.0880. The minimum atomic E-state index is -1.98. The van der Waals surface area contributed by atoms with E-state index in [0.29, 0.717) is 56.4 Å². The third-order valence-corrected chi connectivity index (χ3v) is 10.1. The van der Waals surface area contributed by atoms with Gasteiger partial charge in [-0.15, -0.1) is 0 Å². The minimum absolute atomic E-state index is 0.360. The first-order valence-corrected chi connectivity index (χ1v) is 18.4. The van der Waals surface area contributed by atoms with E-state index in [0.717, 1.165) is 0 Å². The Morgan fingerprint density at radius 3 is 0.947 bits per heavy atom. The van der Waals surface area contributed by atoms with Crippen LogP contribution < -0.4 is 29.6 Å². The van der Waals surface area contributed by atoms with E-state index in [1.54, 1.807) is 146 Å². The van der Waals surface area contributed by atoms with E-state index in [1.165, 1.54) is 28.4 Å². The number of aliphatic hydroxyl groups is 2. The number of rotatable bonds is 16. The Labute approximate surface area is 332 Å². The van der Waals surface area contributed by atoms with E-state index in [-0.39, 0.29) is 0 Å². The fourth-order valence-corrected chi connectivity index (χ4v) is 7.47. The molecule has 0 aliphatic heterocycles. The molecule has 57 heavy (non-hydrogen) atoms. The molecule has 6 rings (SSSR count). The zero-order valence-corrected chi connectivity index (χ0v) is 32.2. The number of amides is 2. The summed E-state index contributed by atoms with van der Waals surface area (Å²) in [6.07, 6.45) is -0.672. The maximum absolute atomic E-state index is 14.3. The average molecular weight is 767 g/mol. The van der Waals surface area contributed by atoms with Crippen LogP contribution in [0.25, 0.3) is 0 Å². The molecule has 0 heterocycles. The van der Waals surface area contributed by atoms with Crippen molar-refractivity contribution < 1.29 is 38.7 Å². The van der Waals surface area contributed by atoms with Crippen LogP contribution in [-0.2, 0) is 20.8 Å². The number of hydrogen-bond donors (Lipinski definition) is 4. The van der Waals surface area contributed by atoms with Gasteiger partial charge in [-0.25, -0.2) is 0 Å². The Balaban J connectivity index is 1.43. The lowest BCUT2D eigenvalue weighted by Crippen LogP contribution is -2.48. The smallest absolute Gasteiger partial charge is 0.230 e. The van der Waals surface area contributed by atoms with Gasteiger partial charge in [-0.05, 0) is 35.4 Å². The number of carbonyl (C=O) groups excluding carboxylic acids is 2. The average Bonchev–Trinajstić information content (AvgIpc) is 3.27. The van der Waals surface area contributed by atoms with Gasteiger partial charge in [-0.1, -0.05) is 133 Å². The highest BCUT2D eigenvalue weighted by Crippen LogP contribution is 2.49. The molecule has 4 N–H and O–H groups in total. The van der Waals surface area contributed by atoms with Gasteiger partial charge >= 0.3 is 0 Å². The molecule has 292 valence electrons. The summed E-state index contributed by atoms with van der Waals surface area (Å²) in [6.45, 7) is 0. The maximum atomic E-state index is 14.3. The Morgan fingerprint density at radius 1 is 0.439 bits per heavy atom. The van der Waals surface area contributed by atoms with Crippen LogP contribution in [0.5, 0.6) is 23.0 Å². The summed E-state index contributed by atoms with van der Waals surface area (Å²) >= 11 is 0. The second-order valence-electron chi connectivity index (χ2n) is 13.3. The van der Waals surface area contributed by atoms with Crippen LogP contribution in [0, 0.1) is 0 Å². The van der Waals surface area contributed by atoms with E-state index in [4.69, 9.17) is 18.9 Å². The van der Waals surface area contributed by atoms with Crippen molar-refractivity contribution in [2.45, 2.75) is 29.7 Å². The van der Waals surface area contributed by atoms with Gasteiger partial charge in [0.05, 0.1) is 40.5 Å². The first-order valence-electron chi connectivity index (χ1n) is 18.4. The molecule has 6 aromatic carbocycles. The molecule has 0 aliphatic carbocycles. The first-order chi connectivity index (χ1) is 27.7. The van der Waals surface area contributed by atoms with Crippen molar-refractivity contribution in [3.05, 3.63) is 191 Å². The number of carbonyl (C=O) groups is 2. The maximum Gasteiger partial charge on any atom is 0.230 e. The van der Waals surface area contributed by atoms with Crippen LogP contribution in [-0.4, -0.2) is 50.5 Å². The summed E-state index contributed by atoms with van der Waals surface area (Å²) in [5.41, 5.74) is -1.42. The first kappa shape index (κ1) is 40.1. The molecule has 2 amide bonds. The Morgan fingerprint density at radius 2 is 0.684 bits per heavy atom. The predicted molar refractivity (Wildman–Crippen MR) is 217 cm³/mol. The molecule has 2 atom stereocenters. The lowest BCUT2D eigenvalue weighted by atomic mass is 9.76. The van der Waals surface area contributed by atoms with Crippen LogP contribution in [0.1, 0.15) is 51.9 Å². The van der Waals surface area contributed by atoms with Crippen LogP contribution >= 0.6 is 0 Å². The van der Waals surface area contributed by atoms with Crippen molar-refractivity contribution in [1.82, 2.24) is 10.6 Å². The van der Waals surface area contributed by atoms with Gasteiger partial charge in [0, 0.05) is 22.3 Å². The van der Waals surface area contributed by atoms with Crippen molar-refractivity contribution in [2.75, 3.05) is 28.4 Å². The van der Waals surface area contributed by atoms with Crippen molar-refractivity contribution in [1.29, 1.82) is 0 Å². The number of para-hydroxylation sites is 4. The molecular weight excluding hydrogens is 721 g/mol. The van der Waals surface area contributed by atoms with Crippen molar-refractivity contribution >= 4 is 11.8 Å². The molecule has 10 heteroatoms. The van der Waals surface area contributed by atoms with Gasteiger partial charge < -0.3 is 39.8 Å². The second kappa shape index (κ2) is 17.9. The fourth-order valence-electron chi connectivity index (χ4n) is 7.47. The fraction of sp³-hybridized carbons (Fsp3) is 0.191. The van der Waals surface area contributed by atoms with E-state index >= 15 is 0 Å². The van der Waals surface area contributed by atoms with Gasteiger partial charge in [-0.3, -0.25) is 9.59 Å². The zero-order chi connectivity index (χ0) is 40.4. The zero-order valence-electron chi connectivity index (χ0n) is 32.2. The van der Waals surface area contributed by atoms with Gasteiger partial charge in [0.15, 0.2) is 0 Å². The predicted octanol–water partition coefficient (Wildman–Crippen LogP) is 7.00. The molecule has 0 radical (unpaired) electrons. The number of benzene rings is 6. The summed E-state index contributed by atoms with van der Waals surface area (Å²) in [6, 6.07) is 43.7. The largest absolute Gasteiger partial charge is 0.496 e. The van der Waals surface area contributed by atoms with Crippen LogP contribution in [0.3, 0.4) is 0 Å². The van der Waals surface area contributed by atoms with Crippen molar-refractivity contribution in [2.24, 2.45) is 0 Å². The Bertz CT molecular complexity index is 2030. The van der Waals surface area contributed by atoms with Gasteiger partial charge in [0.25, 0.3) is 0 Å². The highest BCUT2D eigenvalue weighted by Gasteiger charge is 2.48. The summed E-state index contributed by atoms with van der Waals surface area (Å²) in [5, 5.41) is 32.4. The Kier molecular flexibility index (Phi) is 12.6. The summed E-state index contributed by atoms with van der Waals surface area (Å²) in [7, 11) is 6.01. The minimum Gasteiger partial charge on any atom is -0.496 e. The Hall–Kier alpha value is -6.62. The molecule has 0 saturated carbocycles. The van der Waals surface area contributed by atoms with Gasteiger partial charge in [0.1, 0.15) is 40.6 Å². The normalized spacial score (nSPS) is 12.5. The number of ether oxygens (including phenoxy) is 4. The van der Waals surface area contributed by atoms with Gasteiger partial charge in [-0.2, -0.15) is 0 Å². The molecule has 0 aliphatic rings. The van der Waals surface area contributed by atoms with Crippen LogP contribution in [0.4, 0.5) is 0 Å². The topological polar surface area (TPSA) is 136 Å². The number of nitrogens with one attached hydrogen (secondary N) is 2. The summed E-state index contributed by atoms with van der Waals surface area (Å²) in [4.78, 5) is 28.6. The molecule has 0 saturated heterocycles. The quantitative estimate of drug-likeness (QED) is 0.0775. The second-order valence-corrected chi connectivity index (χ2v) is 13.3. The SMILES string of the molecule is COc1ccccc1C(O)(c1ccccc1OC)[C@H](NC(=O)CC(=O)N[C@H](c1ccccc1)C(O)(c1ccccc1OC)c1ccccc1OC)c1ccccc1. The van der Waals surface area contributed by atoms with E-state index in [2.05, 4.69) is 10.6 Å². The number of hydrogen-bond acceptors (Lipinski definition) is 8. The van der Waals surface area contributed by atoms with Crippen molar-refractivity contribution in [3.63, 3.8) is 0 Å². The highest BCUT2D eigenvalue weighted by molar-refractivity contribution is 5.97. The van der Waals surface area contributed by atoms with Gasteiger partial charge in [0.2, 0.25) is 11.8 Å². The lowest BCUT2D eigenvalue weighted by molar-refractivity contribution is -0.132. The van der Waals surface area contributed by atoms with E-state index in [1.807, 2.05) is 12.1 Å². The highest BCUT2D eigenvalue weighted by atomic mass is 16.5. The van der Waals surface area contributed by atoms with Crippen LogP contribution in [0.15, 0.2) is 158 Å². The van der Waals surface area contributed by atoms with E-state index < -0.39 is 41.5 Å². The summed E-state index contributed by atoms with van der Waals surface area (Å²) < 4.78 is 23.0. The molecule has 0 fully saturated rings. The molecule has 6 aromatic rings. The number of methoxy groups -OCH3 is 4. The molecule has 0 unspecified atom stereocenters. The standard InChI is InChI=1S/C47H46N2O8/c1-54-38-27-15-11-23-34(38)46(52,35-24-12-16-28-39(35)55-2)44(32-19-7-5-8-20-32)48-42(50)31-43(51)49-45(33-21-9-6-10-22-33)47(53,36-25-13-17-29-40(36)56-3)37-26-14-18-30-41(37)57-4/h5-30,44-45,52-53H,31H2,1-4H3,(H,48,50)(H,49,51)/t44-,45-/m1/s1. The molecular formula is C47H46N2O8. The molecule has 0 spiro atoms.